The van der Waals surface area contributed by atoms with E-state index in [-0.39, 0.29) is 29.0 Å². The number of nitrogens with one attached hydrogen (secondary N) is 2. The minimum Gasteiger partial charge on any atom is -0.387 e. The smallest absolute Gasteiger partial charge is 0.387 e. The van der Waals surface area contributed by atoms with Crippen LogP contribution in [0.4, 0.5) is 22.0 Å². The third-order valence-corrected chi connectivity index (χ3v) is 5.16. The summed E-state index contributed by atoms with van der Waals surface area (Å²) in [6.45, 7) is 1.36. The molecule has 11 nitrogen and oxygen atoms in total. The van der Waals surface area contributed by atoms with Gasteiger partial charge in [-0.3, -0.25) is 10.1 Å². The lowest BCUT2D eigenvalue weighted by Crippen LogP contribution is -2.42. The highest BCUT2D eigenvalue weighted by Crippen LogP contribution is 2.40. The first-order valence-corrected chi connectivity index (χ1v) is 10.3. The highest BCUT2D eigenvalue weighted by molar-refractivity contribution is 6.01. The third kappa shape index (κ3) is 4.31. The highest BCUT2D eigenvalue weighted by atomic mass is 16.6. The lowest BCUT2D eigenvalue weighted by molar-refractivity contribution is 0.0647. The van der Waals surface area contributed by atoms with E-state index in [9.17, 15) is 9.59 Å². The van der Waals surface area contributed by atoms with Gasteiger partial charge >= 0.3 is 6.09 Å². The van der Waals surface area contributed by atoms with Gasteiger partial charge in [-0.05, 0) is 31.4 Å². The average molecular weight is 432 g/mol. The molecule has 2 N–H and O–H groups in total. The van der Waals surface area contributed by atoms with E-state index in [1.165, 1.54) is 12.5 Å². The zero-order valence-corrected chi connectivity index (χ0v) is 17.1. The molecule has 0 aromatic carbocycles. The molecule has 0 spiro atoms. The van der Waals surface area contributed by atoms with Gasteiger partial charge < -0.3 is 15.0 Å². The van der Waals surface area contributed by atoms with Gasteiger partial charge in [0.05, 0.1) is 35.7 Å². The molecule has 162 valence electrons. The van der Waals surface area contributed by atoms with Crippen molar-refractivity contribution in [3.05, 3.63) is 54.6 Å². The first kappa shape index (κ1) is 19.8. The van der Waals surface area contributed by atoms with Crippen molar-refractivity contribution in [1.82, 2.24) is 29.8 Å². The maximum absolute atomic E-state index is 12.7. The van der Waals surface area contributed by atoms with Crippen LogP contribution in [0.3, 0.4) is 0 Å². The number of ether oxygens (including phenoxy) is 1. The van der Waals surface area contributed by atoms with E-state index in [1.54, 1.807) is 35.6 Å². The van der Waals surface area contributed by atoms with E-state index >= 15 is 0 Å². The lowest BCUT2D eigenvalue weighted by atomic mass is 10.2. The maximum Gasteiger partial charge on any atom is 0.418 e. The minimum atomic E-state index is -0.801. The van der Waals surface area contributed by atoms with Crippen LogP contribution in [0, 0.1) is 0 Å². The van der Waals surface area contributed by atoms with Crippen LogP contribution < -0.4 is 15.4 Å². The zero-order valence-electron chi connectivity index (χ0n) is 17.1. The maximum atomic E-state index is 12.7. The molecule has 1 aliphatic carbocycles. The number of hydrogen-bond acceptors (Lipinski definition) is 9. The lowest BCUT2D eigenvalue weighted by Gasteiger charge is -2.30. The van der Waals surface area contributed by atoms with Gasteiger partial charge in [-0.2, -0.15) is 0 Å². The molecule has 0 radical (unpaired) electrons. The van der Waals surface area contributed by atoms with Gasteiger partial charge in [-0.15, -0.1) is 0 Å². The van der Waals surface area contributed by atoms with Crippen molar-refractivity contribution in [1.29, 1.82) is 0 Å². The molecule has 4 heterocycles. The zero-order chi connectivity index (χ0) is 21.9. The number of pyridine rings is 1. The summed E-state index contributed by atoms with van der Waals surface area (Å²) in [7, 11) is 0. The Morgan fingerprint density at radius 3 is 2.62 bits per heavy atom. The van der Waals surface area contributed by atoms with Crippen molar-refractivity contribution >= 4 is 29.2 Å². The van der Waals surface area contributed by atoms with Crippen LogP contribution >= 0.6 is 0 Å². The molecule has 1 saturated carbocycles. The van der Waals surface area contributed by atoms with E-state index in [0.29, 0.717) is 24.7 Å². The van der Waals surface area contributed by atoms with E-state index < -0.39 is 6.09 Å². The molecule has 2 amide bonds. The number of nitrogens with zero attached hydrogens (tertiary/aromatic N) is 6. The number of amides is 2. The SMILES string of the molecule is O=C(Nc1cccnc1C(=O)N1CCC1)Oc1nc(C2CC2)cnc1Nc1cncnc1. The molecule has 32 heavy (non-hydrogen) atoms. The van der Waals surface area contributed by atoms with Gasteiger partial charge in [-0.25, -0.2) is 29.7 Å². The molecule has 3 aromatic heterocycles. The Morgan fingerprint density at radius 2 is 1.91 bits per heavy atom. The van der Waals surface area contributed by atoms with Gasteiger partial charge in [0.2, 0.25) is 0 Å². The molecular weight excluding hydrogens is 412 g/mol. The average Bonchev–Trinajstić information content (AvgIpc) is 3.60. The third-order valence-electron chi connectivity index (χ3n) is 5.16. The second-order valence-corrected chi connectivity index (χ2v) is 7.53. The van der Waals surface area contributed by atoms with Crippen molar-refractivity contribution in [2.45, 2.75) is 25.2 Å². The van der Waals surface area contributed by atoms with Gasteiger partial charge in [-0.1, -0.05) is 0 Å². The van der Waals surface area contributed by atoms with Crippen LogP contribution in [0.25, 0.3) is 0 Å². The highest BCUT2D eigenvalue weighted by Gasteiger charge is 2.28. The van der Waals surface area contributed by atoms with Crippen LogP contribution in [0.1, 0.15) is 41.4 Å². The summed E-state index contributed by atoms with van der Waals surface area (Å²) in [5.41, 5.74) is 1.77. The van der Waals surface area contributed by atoms with Crippen molar-refractivity contribution in [3.63, 3.8) is 0 Å². The topological polar surface area (TPSA) is 135 Å². The van der Waals surface area contributed by atoms with Crippen LogP contribution in [-0.2, 0) is 0 Å². The summed E-state index contributed by atoms with van der Waals surface area (Å²) < 4.78 is 5.50. The van der Waals surface area contributed by atoms with Crippen LogP contribution in [0.5, 0.6) is 5.88 Å². The van der Waals surface area contributed by atoms with Gasteiger partial charge in [0.25, 0.3) is 11.8 Å². The van der Waals surface area contributed by atoms with Gasteiger partial charge in [0, 0.05) is 25.2 Å². The Balaban J connectivity index is 1.36. The minimum absolute atomic E-state index is 0.0234. The Bertz CT molecular complexity index is 1150. The Kier molecular flexibility index (Phi) is 5.28. The number of hydrogen-bond donors (Lipinski definition) is 2. The fourth-order valence-electron chi connectivity index (χ4n) is 3.19. The number of anilines is 3. The predicted molar refractivity (Wildman–Crippen MR) is 114 cm³/mol. The van der Waals surface area contributed by atoms with Crippen molar-refractivity contribution in [2.24, 2.45) is 0 Å². The molecule has 0 bridgehead atoms. The van der Waals surface area contributed by atoms with Gasteiger partial charge in [0.15, 0.2) is 11.5 Å². The van der Waals surface area contributed by atoms with E-state index in [2.05, 4.69) is 35.6 Å². The van der Waals surface area contributed by atoms with Crippen LogP contribution in [0.15, 0.2) is 43.2 Å². The summed E-state index contributed by atoms with van der Waals surface area (Å²) in [5.74, 6) is 0.368. The summed E-state index contributed by atoms with van der Waals surface area (Å²) in [5, 5.41) is 5.62. The molecule has 0 atom stereocenters. The van der Waals surface area contributed by atoms with Crippen molar-refractivity contribution in [2.75, 3.05) is 23.7 Å². The normalized spacial score (nSPS) is 14.9. The monoisotopic (exact) mass is 432 g/mol. The molecule has 11 heteroatoms. The number of carbonyl (C=O) groups excluding carboxylic acids is 2. The Morgan fingerprint density at radius 1 is 1.09 bits per heavy atom. The molecule has 2 fully saturated rings. The first-order chi connectivity index (χ1) is 15.7. The fraction of sp³-hybridized carbons (Fsp3) is 0.286. The largest absolute Gasteiger partial charge is 0.418 e. The number of likely N-dealkylation sites (tertiary alicyclic amines) is 1. The van der Waals surface area contributed by atoms with E-state index in [0.717, 1.165) is 25.0 Å². The number of aromatic nitrogens is 5. The Labute approximate surface area is 183 Å². The van der Waals surface area contributed by atoms with E-state index in [1.807, 2.05) is 0 Å². The molecular formula is C21H20N8O3. The van der Waals surface area contributed by atoms with Gasteiger partial charge in [0.1, 0.15) is 6.33 Å². The number of carbonyl (C=O) groups is 2. The van der Waals surface area contributed by atoms with Crippen molar-refractivity contribution < 1.29 is 14.3 Å². The second-order valence-electron chi connectivity index (χ2n) is 7.53. The molecule has 1 aliphatic heterocycles. The predicted octanol–water partition coefficient (Wildman–Crippen LogP) is 2.74. The Hall–Kier alpha value is -4.15. The molecule has 5 rings (SSSR count). The van der Waals surface area contributed by atoms with E-state index in [4.69, 9.17) is 4.74 Å². The molecule has 3 aromatic rings. The summed E-state index contributed by atoms with van der Waals surface area (Å²) in [6, 6.07) is 3.24. The standard InChI is InChI=1S/C21H20N8O3/c30-20(29-7-2-8-29)17-15(3-1-6-24-17)28-21(31)32-19-18(26-14-9-22-12-23-10-14)25-11-16(27-19)13-4-5-13/h1,3,6,9-13H,2,4-5,7-8H2,(H,25,26)(H,28,31). The van der Waals surface area contributed by atoms with Crippen LogP contribution in [0.2, 0.25) is 0 Å². The molecule has 2 aliphatic rings. The quantitative estimate of drug-likeness (QED) is 0.602. The summed E-state index contributed by atoms with van der Waals surface area (Å²) >= 11 is 0. The number of rotatable bonds is 6. The van der Waals surface area contributed by atoms with Crippen molar-refractivity contribution in [3.8, 4) is 5.88 Å². The summed E-state index contributed by atoms with van der Waals surface area (Å²) in [6.07, 6.45) is 9.93. The molecule has 0 unspecified atom stereocenters. The van der Waals surface area contributed by atoms with Crippen LogP contribution in [-0.4, -0.2) is 54.9 Å². The second kappa shape index (κ2) is 8.53. The first-order valence-electron chi connectivity index (χ1n) is 10.3. The molecule has 1 saturated heterocycles. The summed E-state index contributed by atoms with van der Waals surface area (Å²) in [4.78, 5) is 47.9. The fourth-order valence-corrected chi connectivity index (χ4v) is 3.19.